The SMILES string of the molecule is CNc1ncc(-c2cc(C)nn2C)c2nc(C(C)N)cn12. The predicted molar refractivity (Wildman–Crippen MR) is 82.1 cm³/mol. The van der Waals surface area contributed by atoms with Gasteiger partial charge in [0.05, 0.1) is 22.6 Å². The largest absolute Gasteiger partial charge is 0.358 e. The minimum atomic E-state index is -0.129. The Morgan fingerprint density at radius 3 is 2.71 bits per heavy atom. The molecule has 7 heteroatoms. The van der Waals surface area contributed by atoms with E-state index < -0.39 is 0 Å². The highest BCUT2D eigenvalue weighted by atomic mass is 15.3. The first kappa shape index (κ1) is 13.6. The van der Waals surface area contributed by atoms with Crippen molar-refractivity contribution in [1.29, 1.82) is 0 Å². The minimum Gasteiger partial charge on any atom is -0.358 e. The standard InChI is InChI=1S/C14H19N7/c1-8-5-12(20(4)19-8)10-6-17-14(16-3)21-7-11(9(2)15)18-13(10)21/h5-7,9H,15H2,1-4H3,(H,16,17). The summed E-state index contributed by atoms with van der Waals surface area (Å²) >= 11 is 0. The number of hydrogen-bond donors (Lipinski definition) is 2. The van der Waals surface area contributed by atoms with E-state index in [0.29, 0.717) is 0 Å². The lowest BCUT2D eigenvalue weighted by Crippen LogP contribution is -2.04. The van der Waals surface area contributed by atoms with Crippen LogP contribution in [0.25, 0.3) is 16.9 Å². The molecule has 21 heavy (non-hydrogen) atoms. The van der Waals surface area contributed by atoms with E-state index >= 15 is 0 Å². The van der Waals surface area contributed by atoms with Crippen LogP contribution >= 0.6 is 0 Å². The van der Waals surface area contributed by atoms with Crippen molar-refractivity contribution in [2.75, 3.05) is 12.4 Å². The molecule has 0 spiro atoms. The molecule has 3 aromatic rings. The molecular weight excluding hydrogens is 266 g/mol. The van der Waals surface area contributed by atoms with Gasteiger partial charge in [-0.05, 0) is 19.9 Å². The van der Waals surface area contributed by atoms with Crippen LogP contribution in [0.5, 0.6) is 0 Å². The van der Waals surface area contributed by atoms with Crippen LogP contribution in [0.3, 0.4) is 0 Å². The van der Waals surface area contributed by atoms with E-state index in [1.165, 1.54) is 0 Å². The van der Waals surface area contributed by atoms with Crippen molar-refractivity contribution >= 4 is 11.6 Å². The highest BCUT2D eigenvalue weighted by molar-refractivity contribution is 5.76. The molecule has 0 aliphatic rings. The third-order valence-corrected chi connectivity index (χ3v) is 3.48. The maximum absolute atomic E-state index is 5.96. The summed E-state index contributed by atoms with van der Waals surface area (Å²) in [6, 6.07) is 1.90. The van der Waals surface area contributed by atoms with Crippen molar-refractivity contribution in [3.63, 3.8) is 0 Å². The molecule has 3 N–H and O–H groups in total. The van der Waals surface area contributed by atoms with Gasteiger partial charge in [-0.15, -0.1) is 0 Å². The van der Waals surface area contributed by atoms with Gasteiger partial charge < -0.3 is 11.1 Å². The first-order chi connectivity index (χ1) is 10.0. The molecule has 110 valence electrons. The Hall–Kier alpha value is -2.41. The second kappa shape index (κ2) is 4.85. The number of nitrogens with one attached hydrogen (secondary N) is 1. The van der Waals surface area contributed by atoms with E-state index in [2.05, 4.69) is 20.4 Å². The molecule has 3 aromatic heterocycles. The quantitative estimate of drug-likeness (QED) is 0.761. The second-order valence-corrected chi connectivity index (χ2v) is 5.19. The Bertz CT molecular complexity index is 797. The number of aromatic nitrogens is 5. The van der Waals surface area contributed by atoms with Crippen molar-refractivity contribution in [3.8, 4) is 11.3 Å². The summed E-state index contributed by atoms with van der Waals surface area (Å²) in [5.41, 5.74) is 10.5. The van der Waals surface area contributed by atoms with Gasteiger partial charge in [-0.3, -0.25) is 9.08 Å². The molecule has 3 rings (SSSR count). The highest BCUT2D eigenvalue weighted by Crippen LogP contribution is 2.26. The van der Waals surface area contributed by atoms with E-state index in [0.717, 1.165) is 34.2 Å². The van der Waals surface area contributed by atoms with Crippen molar-refractivity contribution in [2.45, 2.75) is 19.9 Å². The molecule has 0 aliphatic heterocycles. The van der Waals surface area contributed by atoms with Crippen LogP contribution in [0.4, 0.5) is 5.95 Å². The van der Waals surface area contributed by atoms with Gasteiger partial charge in [-0.1, -0.05) is 0 Å². The molecule has 0 radical (unpaired) electrons. The molecule has 0 aromatic carbocycles. The molecule has 0 saturated carbocycles. The number of rotatable bonds is 3. The number of nitrogens with zero attached hydrogens (tertiary/aromatic N) is 5. The number of fused-ring (bicyclic) bond motifs is 1. The zero-order valence-corrected chi connectivity index (χ0v) is 12.6. The van der Waals surface area contributed by atoms with Crippen LogP contribution in [0.1, 0.15) is 24.4 Å². The van der Waals surface area contributed by atoms with E-state index in [1.807, 2.05) is 55.5 Å². The Kier molecular flexibility index (Phi) is 3.13. The number of aryl methyl sites for hydroxylation is 2. The Balaban J connectivity index is 2.31. The average Bonchev–Trinajstić information content (AvgIpc) is 3.01. The summed E-state index contributed by atoms with van der Waals surface area (Å²) < 4.78 is 3.77. The molecule has 1 unspecified atom stereocenters. The molecular formula is C14H19N7. The zero-order valence-electron chi connectivity index (χ0n) is 12.6. The van der Waals surface area contributed by atoms with Crippen molar-refractivity contribution in [1.82, 2.24) is 24.1 Å². The summed E-state index contributed by atoms with van der Waals surface area (Å²) in [5, 5.41) is 7.46. The first-order valence-corrected chi connectivity index (χ1v) is 6.83. The molecule has 0 saturated heterocycles. The Morgan fingerprint density at radius 1 is 1.38 bits per heavy atom. The lowest BCUT2D eigenvalue weighted by molar-refractivity contribution is 0.763. The smallest absolute Gasteiger partial charge is 0.208 e. The number of anilines is 1. The van der Waals surface area contributed by atoms with E-state index in [-0.39, 0.29) is 6.04 Å². The monoisotopic (exact) mass is 285 g/mol. The molecule has 7 nitrogen and oxygen atoms in total. The van der Waals surface area contributed by atoms with E-state index in [9.17, 15) is 0 Å². The van der Waals surface area contributed by atoms with Crippen molar-refractivity contribution < 1.29 is 0 Å². The van der Waals surface area contributed by atoms with Crippen LogP contribution in [0, 0.1) is 6.92 Å². The summed E-state index contributed by atoms with van der Waals surface area (Å²) in [6.45, 7) is 3.89. The summed E-state index contributed by atoms with van der Waals surface area (Å²) in [6.07, 6.45) is 3.74. The number of nitrogens with two attached hydrogens (primary N) is 1. The summed E-state index contributed by atoms with van der Waals surface area (Å²) in [4.78, 5) is 9.12. The Morgan fingerprint density at radius 2 is 2.14 bits per heavy atom. The fraction of sp³-hybridized carbons (Fsp3) is 0.357. The predicted octanol–water partition coefficient (Wildman–Crippen LogP) is 1.50. The van der Waals surface area contributed by atoms with Crippen LogP contribution in [0.15, 0.2) is 18.5 Å². The van der Waals surface area contributed by atoms with Crippen molar-refractivity contribution in [2.24, 2.45) is 12.8 Å². The number of hydrogen-bond acceptors (Lipinski definition) is 5. The van der Waals surface area contributed by atoms with Crippen molar-refractivity contribution in [3.05, 3.63) is 29.8 Å². The van der Waals surface area contributed by atoms with Crippen LogP contribution < -0.4 is 11.1 Å². The van der Waals surface area contributed by atoms with E-state index in [4.69, 9.17) is 5.73 Å². The minimum absolute atomic E-state index is 0.129. The van der Waals surface area contributed by atoms with Gasteiger partial charge in [0.1, 0.15) is 0 Å². The molecule has 3 heterocycles. The van der Waals surface area contributed by atoms with Gasteiger partial charge in [0.25, 0.3) is 0 Å². The summed E-state index contributed by atoms with van der Waals surface area (Å²) in [5.74, 6) is 0.729. The van der Waals surface area contributed by atoms with Gasteiger partial charge in [-0.2, -0.15) is 5.10 Å². The molecule has 1 atom stereocenters. The molecule has 0 aliphatic carbocycles. The zero-order chi connectivity index (χ0) is 15.1. The third kappa shape index (κ3) is 2.15. The maximum atomic E-state index is 5.96. The van der Waals surface area contributed by atoms with Gasteiger partial charge in [0.2, 0.25) is 5.95 Å². The molecule has 0 amide bonds. The third-order valence-electron chi connectivity index (χ3n) is 3.48. The Labute approximate surface area is 122 Å². The van der Waals surface area contributed by atoms with Crippen LogP contribution in [0.2, 0.25) is 0 Å². The molecule has 0 bridgehead atoms. The lowest BCUT2D eigenvalue weighted by atomic mass is 10.2. The number of imidazole rings is 1. The van der Waals surface area contributed by atoms with Crippen LogP contribution in [-0.4, -0.2) is 31.2 Å². The lowest BCUT2D eigenvalue weighted by Gasteiger charge is -2.07. The first-order valence-electron chi connectivity index (χ1n) is 6.83. The van der Waals surface area contributed by atoms with Crippen LogP contribution in [-0.2, 0) is 7.05 Å². The highest BCUT2D eigenvalue weighted by Gasteiger charge is 2.16. The van der Waals surface area contributed by atoms with Gasteiger partial charge in [0, 0.05) is 32.5 Å². The topological polar surface area (TPSA) is 86.1 Å². The van der Waals surface area contributed by atoms with Gasteiger partial charge >= 0.3 is 0 Å². The van der Waals surface area contributed by atoms with Gasteiger partial charge in [-0.25, -0.2) is 9.97 Å². The summed E-state index contributed by atoms with van der Waals surface area (Å²) in [7, 11) is 3.75. The van der Waals surface area contributed by atoms with Gasteiger partial charge in [0.15, 0.2) is 5.65 Å². The second-order valence-electron chi connectivity index (χ2n) is 5.19. The maximum Gasteiger partial charge on any atom is 0.208 e. The average molecular weight is 285 g/mol. The normalized spacial score (nSPS) is 12.8. The fourth-order valence-corrected chi connectivity index (χ4v) is 2.44. The fourth-order valence-electron chi connectivity index (χ4n) is 2.44. The molecule has 0 fully saturated rings. The van der Waals surface area contributed by atoms with E-state index in [1.54, 1.807) is 0 Å².